The first-order valence-corrected chi connectivity index (χ1v) is 6.25. The summed E-state index contributed by atoms with van der Waals surface area (Å²) in [5.74, 6) is -0.682. The predicted octanol–water partition coefficient (Wildman–Crippen LogP) is 0.863. The highest BCUT2D eigenvalue weighted by molar-refractivity contribution is 6.36. The zero-order valence-electron chi connectivity index (χ0n) is 10.6. The van der Waals surface area contributed by atoms with Gasteiger partial charge in [-0.25, -0.2) is 4.79 Å². The molecule has 1 unspecified atom stereocenters. The first-order chi connectivity index (χ1) is 8.49. The summed E-state index contributed by atoms with van der Waals surface area (Å²) in [6.45, 7) is 4.64. The number of rotatable bonds is 5. The van der Waals surface area contributed by atoms with Crippen LogP contribution >= 0.6 is 0 Å². The molecule has 1 heterocycles. The van der Waals surface area contributed by atoms with Crippen molar-refractivity contribution in [2.45, 2.75) is 45.3 Å². The Bertz CT molecular complexity index is 388. The molecule has 1 N–H and O–H groups in total. The first kappa shape index (κ1) is 12.9. The van der Waals surface area contributed by atoms with E-state index in [9.17, 15) is 9.59 Å². The van der Waals surface area contributed by atoms with E-state index < -0.39 is 12.1 Å². The molecule has 1 saturated carbocycles. The summed E-state index contributed by atoms with van der Waals surface area (Å²) in [7, 11) is 0. The van der Waals surface area contributed by atoms with Gasteiger partial charge in [-0.05, 0) is 32.6 Å². The van der Waals surface area contributed by atoms with Crippen molar-refractivity contribution in [3.8, 4) is 0 Å². The first-order valence-electron chi connectivity index (χ1n) is 6.25. The van der Waals surface area contributed by atoms with Gasteiger partial charge in [-0.2, -0.15) is 0 Å². The molecule has 0 saturated heterocycles. The van der Waals surface area contributed by atoms with E-state index in [-0.39, 0.29) is 24.1 Å². The highest BCUT2D eigenvalue weighted by Gasteiger charge is 2.37. The molecule has 2 rings (SSSR count). The number of carbonyl (C=O) groups excluding carboxylic acids is 1. The highest BCUT2D eigenvalue weighted by Crippen LogP contribution is 2.31. The molecular weight excluding hydrogens is 236 g/mol. The second kappa shape index (κ2) is 4.96. The van der Waals surface area contributed by atoms with Crippen LogP contribution in [0.1, 0.15) is 33.1 Å². The Morgan fingerprint density at radius 1 is 1.50 bits per heavy atom. The lowest BCUT2D eigenvalue weighted by atomic mass is 10.1. The third-order valence-corrected chi connectivity index (χ3v) is 3.25. The summed E-state index contributed by atoms with van der Waals surface area (Å²) in [5, 5.41) is 12.2. The van der Waals surface area contributed by atoms with Crippen LogP contribution in [0, 0.1) is 5.92 Å². The van der Waals surface area contributed by atoms with Crippen molar-refractivity contribution in [2.75, 3.05) is 6.54 Å². The van der Waals surface area contributed by atoms with E-state index in [1.54, 1.807) is 4.90 Å². The Labute approximate surface area is 106 Å². The minimum atomic E-state index is -1.12. The van der Waals surface area contributed by atoms with Gasteiger partial charge in [0.15, 0.2) is 5.71 Å². The molecule has 0 aromatic rings. The van der Waals surface area contributed by atoms with E-state index in [1.165, 1.54) is 12.8 Å². The SMILES string of the molecule is CC(C)N(CC1CC1)C(=O)C1CC(C(=O)O)=NO1. The Hall–Kier alpha value is -1.59. The standard InChI is InChI=1S/C12H18N2O4/c1-7(2)14(6-8-3-4-8)11(15)10-5-9(12(16)17)13-18-10/h7-8,10H,3-6H2,1-2H3,(H,16,17). The van der Waals surface area contributed by atoms with Crippen LogP contribution in [0.3, 0.4) is 0 Å². The lowest BCUT2D eigenvalue weighted by Gasteiger charge is -2.28. The second-order valence-corrected chi connectivity index (χ2v) is 5.17. The van der Waals surface area contributed by atoms with Gasteiger partial charge >= 0.3 is 5.97 Å². The summed E-state index contributed by atoms with van der Waals surface area (Å²) < 4.78 is 0. The lowest BCUT2D eigenvalue weighted by molar-refractivity contribution is -0.144. The molecule has 6 heteroatoms. The van der Waals surface area contributed by atoms with E-state index in [0.29, 0.717) is 5.92 Å². The van der Waals surface area contributed by atoms with Crippen molar-refractivity contribution >= 4 is 17.6 Å². The average Bonchev–Trinajstić information content (AvgIpc) is 2.97. The van der Waals surface area contributed by atoms with Gasteiger partial charge in [0.1, 0.15) is 0 Å². The lowest BCUT2D eigenvalue weighted by Crippen LogP contribution is -2.44. The molecule has 2 aliphatic rings. The number of carbonyl (C=O) groups is 2. The minimum absolute atomic E-state index is 0.0576. The zero-order chi connectivity index (χ0) is 13.3. The summed E-state index contributed by atoms with van der Waals surface area (Å²) >= 11 is 0. The summed E-state index contributed by atoms with van der Waals surface area (Å²) in [5.41, 5.74) is -0.0801. The van der Waals surface area contributed by atoms with E-state index in [0.717, 1.165) is 6.54 Å². The van der Waals surface area contributed by atoms with Crippen LogP contribution < -0.4 is 0 Å². The zero-order valence-corrected chi connectivity index (χ0v) is 10.6. The maximum atomic E-state index is 12.3. The van der Waals surface area contributed by atoms with E-state index >= 15 is 0 Å². The molecule has 1 aliphatic carbocycles. The summed E-state index contributed by atoms with van der Waals surface area (Å²) in [6.07, 6.45) is 1.62. The molecule has 100 valence electrons. The van der Waals surface area contributed by atoms with Gasteiger partial charge in [-0.3, -0.25) is 4.79 Å². The van der Waals surface area contributed by atoms with E-state index in [1.807, 2.05) is 13.8 Å². The third kappa shape index (κ3) is 2.80. The summed E-state index contributed by atoms with van der Waals surface area (Å²) in [4.78, 5) is 29.7. The number of carboxylic acids is 1. The van der Waals surface area contributed by atoms with E-state index in [4.69, 9.17) is 9.94 Å². The largest absolute Gasteiger partial charge is 0.477 e. The Morgan fingerprint density at radius 3 is 2.61 bits per heavy atom. The van der Waals surface area contributed by atoms with Crippen molar-refractivity contribution in [2.24, 2.45) is 11.1 Å². The van der Waals surface area contributed by atoms with Crippen molar-refractivity contribution in [1.29, 1.82) is 0 Å². The molecule has 0 aromatic heterocycles. The predicted molar refractivity (Wildman–Crippen MR) is 64.1 cm³/mol. The normalized spacial score (nSPS) is 22.6. The van der Waals surface area contributed by atoms with Gasteiger partial charge in [0.25, 0.3) is 5.91 Å². The molecule has 0 bridgehead atoms. The monoisotopic (exact) mass is 254 g/mol. The molecule has 18 heavy (non-hydrogen) atoms. The third-order valence-electron chi connectivity index (χ3n) is 3.25. The van der Waals surface area contributed by atoms with Crippen LogP contribution in [0.25, 0.3) is 0 Å². The molecular formula is C12H18N2O4. The molecule has 1 atom stereocenters. The summed E-state index contributed by atoms with van der Waals surface area (Å²) in [6, 6.07) is 0.0931. The number of carboxylic acid groups (broad SMARTS) is 1. The Kier molecular flexibility index (Phi) is 3.54. The van der Waals surface area contributed by atoms with Gasteiger partial charge in [-0.1, -0.05) is 5.16 Å². The van der Waals surface area contributed by atoms with Crippen molar-refractivity contribution in [1.82, 2.24) is 4.90 Å². The minimum Gasteiger partial charge on any atom is -0.477 e. The number of aliphatic carboxylic acids is 1. The van der Waals surface area contributed by atoms with Crippen LogP contribution in [0.4, 0.5) is 0 Å². The Morgan fingerprint density at radius 2 is 2.17 bits per heavy atom. The maximum Gasteiger partial charge on any atom is 0.353 e. The highest BCUT2D eigenvalue weighted by atomic mass is 16.6. The van der Waals surface area contributed by atoms with Gasteiger partial charge in [-0.15, -0.1) is 0 Å². The van der Waals surface area contributed by atoms with Crippen LogP contribution in [0.15, 0.2) is 5.16 Å². The topological polar surface area (TPSA) is 79.2 Å². The number of hydrogen-bond donors (Lipinski definition) is 1. The van der Waals surface area contributed by atoms with E-state index in [2.05, 4.69) is 5.16 Å². The van der Waals surface area contributed by atoms with Crippen LogP contribution in [0.5, 0.6) is 0 Å². The number of oxime groups is 1. The number of amides is 1. The molecule has 0 aromatic carbocycles. The molecule has 1 fully saturated rings. The average molecular weight is 254 g/mol. The van der Waals surface area contributed by atoms with Crippen molar-refractivity contribution in [3.63, 3.8) is 0 Å². The van der Waals surface area contributed by atoms with Gasteiger partial charge < -0.3 is 14.8 Å². The molecule has 0 radical (unpaired) electrons. The van der Waals surface area contributed by atoms with Crippen molar-refractivity contribution in [3.05, 3.63) is 0 Å². The number of nitrogens with zero attached hydrogens (tertiary/aromatic N) is 2. The fourth-order valence-electron chi connectivity index (χ4n) is 1.95. The fourth-order valence-corrected chi connectivity index (χ4v) is 1.95. The maximum absolute atomic E-state index is 12.3. The molecule has 1 aliphatic heterocycles. The van der Waals surface area contributed by atoms with Crippen LogP contribution in [-0.4, -0.2) is 46.3 Å². The quantitative estimate of drug-likeness (QED) is 0.789. The van der Waals surface area contributed by atoms with Gasteiger partial charge in [0, 0.05) is 19.0 Å². The molecule has 6 nitrogen and oxygen atoms in total. The second-order valence-electron chi connectivity index (χ2n) is 5.17. The molecule has 0 spiro atoms. The van der Waals surface area contributed by atoms with Crippen molar-refractivity contribution < 1.29 is 19.5 Å². The smallest absolute Gasteiger partial charge is 0.353 e. The molecule has 1 amide bonds. The number of hydrogen-bond acceptors (Lipinski definition) is 4. The Balaban J connectivity index is 1.95. The van der Waals surface area contributed by atoms with Gasteiger partial charge in [0.05, 0.1) is 0 Å². The fraction of sp³-hybridized carbons (Fsp3) is 0.750. The van der Waals surface area contributed by atoms with Gasteiger partial charge in [0.2, 0.25) is 6.10 Å². The van der Waals surface area contributed by atoms with Crippen LogP contribution in [-0.2, 0) is 14.4 Å². The van der Waals surface area contributed by atoms with Crippen LogP contribution in [0.2, 0.25) is 0 Å².